The number of benzene rings is 2. The van der Waals surface area contributed by atoms with Gasteiger partial charge >= 0.3 is 0 Å². The molecule has 0 aromatic heterocycles. The van der Waals surface area contributed by atoms with Crippen LogP contribution in [-0.2, 0) is 6.54 Å². The van der Waals surface area contributed by atoms with Crippen molar-refractivity contribution in [2.75, 3.05) is 14.2 Å². The van der Waals surface area contributed by atoms with Crippen molar-refractivity contribution < 1.29 is 9.53 Å². The van der Waals surface area contributed by atoms with E-state index in [-0.39, 0.29) is 5.91 Å². The molecule has 0 unspecified atom stereocenters. The summed E-state index contributed by atoms with van der Waals surface area (Å²) in [5.74, 6) is 0.834. The van der Waals surface area contributed by atoms with Crippen molar-refractivity contribution in [3.8, 4) is 5.75 Å². The highest BCUT2D eigenvalue weighted by atomic mass is 16.5. The van der Waals surface area contributed by atoms with Gasteiger partial charge in [-0.3, -0.25) is 4.79 Å². The van der Waals surface area contributed by atoms with Gasteiger partial charge in [0, 0.05) is 24.7 Å². The van der Waals surface area contributed by atoms with E-state index in [4.69, 9.17) is 4.74 Å². The number of hydrogen-bond acceptors (Lipinski definition) is 2. The largest absolute Gasteiger partial charge is 0.496 e. The average Bonchev–Trinajstić information content (AvgIpc) is 2.49. The molecule has 21 heavy (non-hydrogen) atoms. The van der Waals surface area contributed by atoms with E-state index in [1.165, 1.54) is 0 Å². The lowest BCUT2D eigenvalue weighted by molar-refractivity contribution is 0.0783. The lowest BCUT2D eigenvalue weighted by Gasteiger charge is -2.20. The van der Waals surface area contributed by atoms with Crippen LogP contribution in [0.2, 0.25) is 0 Å². The Kier molecular flexibility index (Phi) is 4.63. The molecule has 110 valence electrons. The molecule has 0 spiro atoms. The molecule has 0 fully saturated rings. The summed E-state index contributed by atoms with van der Waals surface area (Å²) in [5, 5.41) is 0. The number of carbonyl (C=O) groups excluding carboxylic acids is 1. The van der Waals surface area contributed by atoms with Gasteiger partial charge in [0.15, 0.2) is 0 Å². The fraction of sp³-hybridized carbons (Fsp3) is 0.278. The minimum atomic E-state index is 0.0297. The lowest BCUT2D eigenvalue weighted by Crippen LogP contribution is -2.27. The molecule has 0 aliphatic heterocycles. The highest BCUT2D eigenvalue weighted by Gasteiger charge is 2.15. The fourth-order valence-electron chi connectivity index (χ4n) is 2.33. The minimum Gasteiger partial charge on any atom is -0.496 e. The van der Waals surface area contributed by atoms with Crippen LogP contribution in [0.3, 0.4) is 0 Å². The van der Waals surface area contributed by atoms with Crippen LogP contribution < -0.4 is 4.74 Å². The van der Waals surface area contributed by atoms with Gasteiger partial charge in [-0.15, -0.1) is 0 Å². The van der Waals surface area contributed by atoms with Crippen LogP contribution in [0, 0.1) is 13.8 Å². The van der Waals surface area contributed by atoms with E-state index in [1.807, 2.05) is 63.4 Å². The normalized spacial score (nSPS) is 10.3. The van der Waals surface area contributed by atoms with Crippen molar-refractivity contribution >= 4 is 5.91 Å². The van der Waals surface area contributed by atoms with Crippen molar-refractivity contribution in [2.24, 2.45) is 0 Å². The molecule has 2 aromatic rings. The monoisotopic (exact) mass is 283 g/mol. The number of ether oxygens (including phenoxy) is 1. The summed E-state index contributed by atoms with van der Waals surface area (Å²) in [6, 6.07) is 13.7. The van der Waals surface area contributed by atoms with Crippen LogP contribution >= 0.6 is 0 Å². The van der Waals surface area contributed by atoms with E-state index in [1.54, 1.807) is 12.0 Å². The Labute approximate surface area is 126 Å². The van der Waals surface area contributed by atoms with Crippen molar-refractivity contribution in [2.45, 2.75) is 20.4 Å². The Morgan fingerprint density at radius 1 is 1.14 bits per heavy atom. The first-order valence-electron chi connectivity index (χ1n) is 6.97. The topological polar surface area (TPSA) is 29.5 Å². The second-order valence-corrected chi connectivity index (χ2v) is 5.29. The Bertz CT molecular complexity index is 649. The second kappa shape index (κ2) is 6.44. The van der Waals surface area contributed by atoms with Crippen LogP contribution in [0.1, 0.15) is 27.0 Å². The summed E-state index contributed by atoms with van der Waals surface area (Å²) in [5.41, 5.74) is 3.85. The van der Waals surface area contributed by atoms with Crippen molar-refractivity contribution in [1.29, 1.82) is 0 Å². The molecule has 2 rings (SSSR count). The maximum atomic E-state index is 12.6. The predicted octanol–water partition coefficient (Wildman–Crippen LogP) is 3.58. The summed E-state index contributed by atoms with van der Waals surface area (Å²) >= 11 is 0. The number of carbonyl (C=O) groups is 1. The third kappa shape index (κ3) is 3.43. The van der Waals surface area contributed by atoms with E-state index in [0.717, 1.165) is 28.0 Å². The zero-order chi connectivity index (χ0) is 15.4. The van der Waals surface area contributed by atoms with Crippen LogP contribution in [0.5, 0.6) is 5.75 Å². The smallest absolute Gasteiger partial charge is 0.254 e. The van der Waals surface area contributed by atoms with Gasteiger partial charge in [0.25, 0.3) is 5.91 Å². The Balaban J connectivity index is 2.22. The molecular formula is C18H21NO2. The van der Waals surface area contributed by atoms with E-state index < -0.39 is 0 Å². The lowest BCUT2D eigenvalue weighted by atomic mass is 10.0. The number of rotatable bonds is 4. The van der Waals surface area contributed by atoms with Crippen molar-refractivity contribution in [3.05, 3.63) is 64.7 Å². The van der Waals surface area contributed by atoms with E-state index >= 15 is 0 Å². The maximum absolute atomic E-state index is 12.6. The van der Waals surface area contributed by atoms with Crippen LogP contribution in [0.4, 0.5) is 0 Å². The molecule has 0 bridgehead atoms. The summed E-state index contributed by atoms with van der Waals surface area (Å²) < 4.78 is 5.34. The zero-order valence-electron chi connectivity index (χ0n) is 13.0. The summed E-state index contributed by atoms with van der Waals surface area (Å²) in [7, 11) is 3.46. The third-order valence-electron chi connectivity index (χ3n) is 3.57. The van der Waals surface area contributed by atoms with Crippen LogP contribution in [0.15, 0.2) is 42.5 Å². The standard InChI is InChI=1S/C18H21NO2/c1-13-9-10-14(2)16(11-13)18(20)19(3)12-15-7-5-6-8-17(15)21-4/h5-11H,12H2,1-4H3. The van der Waals surface area contributed by atoms with Gasteiger partial charge in [-0.25, -0.2) is 0 Å². The summed E-state index contributed by atoms with van der Waals surface area (Å²) in [4.78, 5) is 14.3. The first kappa shape index (κ1) is 15.1. The predicted molar refractivity (Wildman–Crippen MR) is 84.7 cm³/mol. The Morgan fingerprint density at radius 2 is 1.86 bits per heavy atom. The van der Waals surface area contributed by atoms with Crippen molar-refractivity contribution in [1.82, 2.24) is 4.90 Å². The molecule has 3 nitrogen and oxygen atoms in total. The molecule has 0 saturated carbocycles. The molecule has 0 saturated heterocycles. The van der Waals surface area contributed by atoms with E-state index in [9.17, 15) is 4.79 Å². The van der Waals surface area contributed by atoms with E-state index in [0.29, 0.717) is 6.54 Å². The summed E-state index contributed by atoms with van der Waals surface area (Å²) in [6.07, 6.45) is 0. The van der Waals surface area contributed by atoms with Gasteiger partial charge < -0.3 is 9.64 Å². The number of hydrogen-bond donors (Lipinski definition) is 0. The number of para-hydroxylation sites is 1. The molecule has 2 aromatic carbocycles. The molecule has 0 N–H and O–H groups in total. The molecule has 0 radical (unpaired) electrons. The van der Waals surface area contributed by atoms with Crippen molar-refractivity contribution in [3.63, 3.8) is 0 Å². The molecule has 0 aliphatic rings. The SMILES string of the molecule is COc1ccccc1CN(C)C(=O)c1cc(C)ccc1C. The Morgan fingerprint density at radius 3 is 2.57 bits per heavy atom. The molecule has 3 heteroatoms. The second-order valence-electron chi connectivity index (χ2n) is 5.29. The first-order chi connectivity index (χ1) is 10.0. The highest BCUT2D eigenvalue weighted by molar-refractivity contribution is 5.95. The number of methoxy groups -OCH3 is 1. The fourth-order valence-corrected chi connectivity index (χ4v) is 2.33. The third-order valence-corrected chi connectivity index (χ3v) is 3.57. The molecule has 0 aliphatic carbocycles. The average molecular weight is 283 g/mol. The highest BCUT2D eigenvalue weighted by Crippen LogP contribution is 2.20. The molecule has 0 atom stereocenters. The molecular weight excluding hydrogens is 262 g/mol. The summed E-state index contributed by atoms with van der Waals surface area (Å²) in [6.45, 7) is 4.48. The number of aryl methyl sites for hydroxylation is 2. The van der Waals surface area contributed by atoms with Gasteiger partial charge in [0.05, 0.1) is 7.11 Å². The van der Waals surface area contributed by atoms with Crippen LogP contribution in [-0.4, -0.2) is 25.0 Å². The quantitative estimate of drug-likeness (QED) is 0.858. The van der Waals surface area contributed by atoms with Gasteiger partial charge in [0.1, 0.15) is 5.75 Å². The number of amides is 1. The van der Waals surface area contributed by atoms with Crippen LogP contribution in [0.25, 0.3) is 0 Å². The number of nitrogens with zero attached hydrogens (tertiary/aromatic N) is 1. The van der Waals surface area contributed by atoms with E-state index in [2.05, 4.69) is 0 Å². The first-order valence-corrected chi connectivity index (χ1v) is 6.97. The molecule has 0 heterocycles. The van der Waals surface area contributed by atoms with Gasteiger partial charge in [-0.05, 0) is 31.5 Å². The van der Waals surface area contributed by atoms with Gasteiger partial charge in [0.2, 0.25) is 0 Å². The Hall–Kier alpha value is -2.29. The van der Waals surface area contributed by atoms with Gasteiger partial charge in [-0.1, -0.05) is 35.9 Å². The minimum absolute atomic E-state index is 0.0297. The molecule has 1 amide bonds. The zero-order valence-corrected chi connectivity index (χ0v) is 13.0. The maximum Gasteiger partial charge on any atom is 0.254 e. The van der Waals surface area contributed by atoms with Gasteiger partial charge in [-0.2, -0.15) is 0 Å².